The molecule has 1 heterocycles. The fraction of sp³-hybridized carbons (Fsp3) is 0.529. The van der Waals surface area contributed by atoms with Gasteiger partial charge in [-0.25, -0.2) is 0 Å². The number of aromatic nitrogens is 3. The van der Waals surface area contributed by atoms with Gasteiger partial charge in [0.25, 0.3) is 0 Å². The van der Waals surface area contributed by atoms with Crippen LogP contribution in [0, 0.1) is 5.92 Å². The lowest BCUT2D eigenvalue weighted by Gasteiger charge is -2.29. The van der Waals surface area contributed by atoms with E-state index in [0.717, 1.165) is 11.6 Å². The number of hydrogen-bond donors (Lipinski definition) is 1. The fourth-order valence-corrected chi connectivity index (χ4v) is 3.33. The highest BCUT2D eigenvalue weighted by atomic mass is 15.2. The fourth-order valence-electron chi connectivity index (χ4n) is 3.33. The van der Waals surface area contributed by atoms with E-state index in [4.69, 9.17) is 0 Å². The van der Waals surface area contributed by atoms with Crippen LogP contribution in [0.4, 0.5) is 5.69 Å². The maximum atomic E-state index is 3.86. The summed E-state index contributed by atoms with van der Waals surface area (Å²) >= 11 is 0. The summed E-state index contributed by atoms with van der Waals surface area (Å²) in [5, 5.41) is 11.4. The number of nitrogens with zero attached hydrogens (tertiary/aromatic N) is 3. The van der Waals surface area contributed by atoms with Crippen molar-refractivity contribution in [2.45, 2.75) is 51.5 Å². The van der Waals surface area contributed by atoms with Crippen LogP contribution in [-0.4, -0.2) is 20.8 Å². The number of benzene rings is 1. The molecule has 4 nitrogen and oxygen atoms in total. The van der Waals surface area contributed by atoms with Gasteiger partial charge >= 0.3 is 0 Å². The van der Waals surface area contributed by atoms with E-state index in [9.17, 15) is 0 Å². The van der Waals surface area contributed by atoms with Crippen LogP contribution in [0.1, 0.15) is 45.4 Å². The van der Waals surface area contributed by atoms with Crippen LogP contribution in [0.2, 0.25) is 0 Å². The maximum absolute atomic E-state index is 3.86. The lowest BCUT2D eigenvalue weighted by Crippen LogP contribution is -2.26. The first-order chi connectivity index (χ1) is 10.3. The number of rotatable bonds is 5. The molecule has 1 saturated carbocycles. The van der Waals surface area contributed by atoms with Gasteiger partial charge in [0.05, 0.1) is 5.69 Å². The molecule has 112 valence electrons. The van der Waals surface area contributed by atoms with E-state index < -0.39 is 0 Å². The monoisotopic (exact) mass is 284 g/mol. The van der Waals surface area contributed by atoms with E-state index in [2.05, 4.69) is 46.7 Å². The quantitative estimate of drug-likeness (QED) is 0.901. The normalized spacial score (nSPS) is 22.1. The van der Waals surface area contributed by atoms with Gasteiger partial charge in [0, 0.05) is 11.7 Å². The van der Waals surface area contributed by atoms with Gasteiger partial charge in [-0.05, 0) is 49.8 Å². The number of hydrogen-bond acceptors (Lipinski definition) is 3. The van der Waals surface area contributed by atoms with Gasteiger partial charge in [0.15, 0.2) is 0 Å². The highest BCUT2D eigenvalue weighted by Gasteiger charge is 2.20. The molecule has 0 aliphatic heterocycles. The van der Waals surface area contributed by atoms with E-state index in [0.29, 0.717) is 6.04 Å². The molecular weight excluding hydrogens is 260 g/mol. The van der Waals surface area contributed by atoms with E-state index in [1.165, 1.54) is 44.2 Å². The summed E-state index contributed by atoms with van der Waals surface area (Å²) < 4.78 is 1.93. The van der Waals surface area contributed by atoms with Crippen LogP contribution in [0.15, 0.2) is 36.9 Å². The Balaban J connectivity index is 1.60. The summed E-state index contributed by atoms with van der Waals surface area (Å²) in [7, 11) is 0. The van der Waals surface area contributed by atoms with Crippen LogP contribution < -0.4 is 5.32 Å². The first kappa shape index (κ1) is 14.1. The highest BCUT2D eigenvalue weighted by molar-refractivity contribution is 5.51. The van der Waals surface area contributed by atoms with Gasteiger partial charge < -0.3 is 5.32 Å². The van der Waals surface area contributed by atoms with Crippen LogP contribution >= 0.6 is 0 Å². The maximum Gasteiger partial charge on any atom is 0.123 e. The summed E-state index contributed by atoms with van der Waals surface area (Å²) in [6, 6.07) is 9.09. The van der Waals surface area contributed by atoms with Crippen molar-refractivity contribution in [3.05, 3.63) is 36.9 Å². The third-order valence-corrected chi connectivity index (χ3v) is 4.48. The van der Waals surface area contributed by atoms with Gasteiger partial charge in [0.1, 0.15) is 12.7 Å². The lowest BCUT2D eigenvalue weighted by atomic mass is 9.83. The Morgan fingerprint density at radius 1 is 1.14 bits per heavy atom. The molecule has 21 heavy (non-hydrogen) atoms. The molecule has 0 spiro atoms. The smallest absolute Gasteiger partial charge is 0.123 e. The molecule has 1 N–H and O–H groups in total. The van der Waals surface area contributed by atoms with Crippen LogP contribution in [0.3, 0.4) is 0 Å². The second-order valence-corrected chi connectivity index (χ2v) is 6.07. The summed E-state index contributed by atoms with van der Waals surface area (Å²) in [6.45, 7) is 2.29. The Kier molecular flexibility index (Phi) is 4.53. The van der Waals surface area contributed by atoms with E-state index in [1.807, 2.05) is 4.57 Å². The lowest BCUT2D eigenvalue weighted by molar-refractivity contribution is 0.319. The van der Waals surface area contributed by atoms with Crippen molar-refractivity contribution in [1.82, 2.24) is 14.8 Å². The van der Waals surface area contributed by atoms with Crippen molar-refractivity contribution < 1.29 is 0 Å². The SMILES string of the molecule is CCCC1CCC(Nc2cccc(-n3cnnc3)c2)CC1. The van der Waals surface area contributed by atoms with Crippen molar-refractivity contribution in [1.29, 1.82) is 0 Å². The van der Waals surface area contributed by atoms with Gasteiger partial charge in [-0.15, -0.1) is 10.2 Å². The van der Waals surface area contributed by atoms with Gasteiger partial charge in [0.2, 0.25) is 0 Å². The zero-order chi connectivity index (χ0) is 14.5. The molecule has 1 fully saturated rings. The topological polar surface area (TPSA) is 42.7 Å². The molecule has 1 aromatic heterocycles. The van der Waals surface area contributed by atoms with Gasteiger partial charge in [-0.1, -0.05) is 25.8 Å². The average Bonchev–Trinajstić information content (AvgIpc) is 3.04. The zero-order valence-corrected chi connectivity index (χ0v) is 12.7. The first-order valence-corrected chi connectivity index (χ1v) is 8.06. The molecule has 0 amide bonds. The molecule has 4 heteroatoms. The molecule has 0 atom stereocenters. The molecule has 1 aliphatic carbocycles. The standard InChI is InChI=1S/C17H24N4/c1-2-4-14-7-9-15(10-8-14)20-16-5-3-6-17(11-16)21-12-18-19-13-21/h3,5-6,11-15,20H,2,4,7-10H2,1H3. The highest BCUT2D eigenvalue weighted by Crippen LogP contribution is 2.29. The van der Waals surface area contributed by atoms with E-state index in [-0.39, 0.29) is 0 Å². The van der Waals surface area contributed by atoms with E-state index in [1.54, 1.807) is 12.7 Å². The molecule has 0 unspecified atom stereocenters. The number of nitrogens with one attached hydrogen (secondary N) is 1. The molecule has 1 aliphatic rings. The van der Waals surface area contributed by atoms with Crippen LogP contribution in [0.25, 0.3) is 5.69 Å². The Bertz CT molecular complexity index is 542. The van der Waals surface area contributed by atoms with Crippen molar-refractivity contribution in [3.8, 4) is 5.69 Å². The van der Waals surface area contributed by atoms with Gasteiger partial charge in [-0.2, -0.15) is 0 Å². The second kappa shape index (κ2) is 6.74. The van der Waals surface area contributed by atoms with Crippen molar-refractivity contribution in [2.75, 3.05) is 5.32 Å². The molecular formula is C17H24N4. The number of anilines is 1. The van der Waals surface area contributed by atoms with Crippen LogP contribution in [0.5, 0.6) is 0 Å². The summed E-state index contributed by atoms with van der Waals surface area (Å²) in [5.74, 6) is 0.955. The molecule has 0 saturated heterocycles. The predicted molar refractivity (Wildman–Crippen MR) is 85.6 cm³/mol. The van der Waals surface area contributed by atoms with Crippen molar-refractivity contribution >= 4 is 5.69 Å². The molecule has 0 bridgehead atoms. The Hall–Kier alpha value is -1.84. The van der Waals surface area contributed by atoms with Crippen LogP contribution in [-0.2, 0) is 0 Å². The third kappa shape index (κ3) is 3.63. The molecule has 0 radical (unpaired) electrons. The van der Waals surface area contributed by atoms with Crippen molar-refractivity contribution in [2.24, 2.45) is 5.92 Å². The Morgan fingerprint density at radius 2 is 1.90 bits per heavy atom. The minimum absolute atomic E-state index is 0.620. The minimum Gasteiger partial charge on any atom is -0.382 e. The largest absolute Gasteiger partial charge is 0.382 e. The predicted octanol–water partition coefficient (Wildman–Crippen LogP) is 4.04. The first-order valence-electron chi connectivity index (χ1n) is 8.06. The Morgan fingerprint density at radius 3 is 2.62 bits per heavy atom. The third-order valence-electron chi connectivity index (χ3n) is 4.48. The molecule has 3 rings (SSSR count). The van der Waals surface area contributed by atoms with Crippen molar-refractivity contribution in [3.63, 3.8) is 0 Å². The summed E-state index contributed by atoms with van der Waals surface area (Å²) in [6.07, 6.45) is 11.5. The Labute approximate surface area is 126 Å². The average molecular weight is 284 g/mol. The molecule has 1 aromatic carbocycles. The van der Waals surface area contributed by atoms with E-state index >= 15 is 0 Å². The molecule has 2 aromatic rings. The van der Waals surface area contributed by atoms with Gasteiger partial charge in [-0.3, -0.25) is 4.57 Å². The summed E-state index contributed by atoms with van der Waals surface area (Å²) in [5.41, 5.74) is 2.30. The minimum atomic E-state index is 0.620. The summed E-state index contributed by atoms with van der Waals surface area (Å²) in [4.78, 5) is 0. The second-order valence-electron chi connectivity index (χ2n) is 6.07. The zero-order valence-electron chi connectivity index (χ0n) is 12.7.